The molecule has 38 heavy (non-hydrogen) atoms. The monoisotopic (exact) mass is 588 g/mol. The highest BCUT2D eigenvalue weighted by Crippen LogP contribution is 2.47. The molecule has 0 saturated carbocycles. The Morgan fingerprint density at radius 1 is 0.474 bits per heavy atom. The van der Waals surface area contributed by atoms with Crippen LogP contribution in [-0.2, 0) is 48.3 Å². The van der Waals surface area contributed by atoms with Crippen molar-refractivity contribution in [2.45, 2.75) is 36.5 Å². The van der Waals surface area contributed by atoms with Crippen LogP contribution in [0, 0.1) is 0 Å². The molecule has 0 N–H and O–H groups in total. The van der Waals surface area contributed by atoms with Crippen molar-refractivity contribution in [1.82, 2.24) is 0 Å². The molecule has 3 aliphatic rings. The molecule has 0 aliphatic carbocycles. The quantitative estimate of drug-likeness (QED) is 0.195. The van der Waals surface area contributed by atoms with Crippen LogP contribution >= 0.6 is 41.3 Å². The summed E-state index contributed by atoms with van der Waals surface area (Å²) in [5, 5.41) is 4.17. The molecule has 4 aromatic carbocycles. The normalized spacial score (nSPS) is 17.6. The third-order valence-corrected chi connectivity index (χ3v) is 15.6. The summed E-state index contributed by atoms with van der Waals surface area (Å²) in [5.41, 5.74) is 8.77. The van der Waals surface area contributed by atoms with Gasteiger partial charge in [-0.25, -0.2) is 0 Å². The number of aryl methyl sites for hydroxylation is 3. The van der Waals surface area contributed by atoms with E-state index in [9.17, 15) is 0 Å². The maximum Gasteiger partial charge on any atom is 0.0388 e. The van der Waals surface area contributed by atoms with Gasteiger partial charge in [-0.2, -0.15) is 35.3 Å². The fourth-order valence-electron chi connectivity index (χ4n) is 5.60. The van der Waals surface area contributed by atoms with E-state index in [0.717, 1.165) is 53.8 Å². The van der Waals surface area contributed by atoms with E-state index in [1.807, 2.05) is 0 Å². The van der Waals surface area contributed by atoms with Crippen molar-refractivity contribution < 1.29 is 0 Å². The average Bonchev–Trinajstić information content (AvgIpc) is 2.95. The summed E-state index contributed by atoms with van der Waals surface area (Å²) >= 11 is 13.2. The number of fused-ring (bicyclic) bond motifs is 9. The standard InChI is InChI=1S/C33H33PS4/c35-34-31-10-4-1-7-28(31)22-36-16-13-25-19-26(14-17-37-23-29-8-2-5-11-32(29)34)21-27(20-25)15-18-38-24-30-9-3-6-12-33(30)34/h1-12,19-21H,13-18,22-24H2. The number of hydrogen-bond acceptors (Lipinski definition) is 4. The predicted molar refractivity (Wildman–Crippen MR) is 179 cm³/mol. The fraction of sp³-hybridized carbons (Fsp3) is 0.273. The maximum absolute atomic E-state index is 7.05. The molecule has 0 saturated heterocycles. The number of rotatable bonds is 0. The lowest BCUT2D eigenvalue weighted by atomic mass is 10.0. The van der Waals surface area contributed by atoms with Crippen molar-refractivity contribution in [3.63, 3.8) is 0 Å². The first-order chi connectivity index (χ1) is 18.7. The Bertz CT molecular complexity index is 1290. The Hall–Kier alpha value is -1.42. The van der Waals surface area contributed by atoms with Gasteiger partial charge < -0.3 is 0 Å². The highest BCUT2D eigenvalue weighted by Gasteiger charge is 2.31. The number of benzene rings is 4. The van der Waals surface area contributed by atoms with E-state index in [1.54, 1.807) is 0 Å². The van der Waals surface area contributed by atoms with Crippen LogP contribution < -0.4 is 15.9 Å². The van der Waals surface area contributed by atoms with Gasteiger partial charge in [-0.05, 0) is 85.8 Å². The Labute approximate surface area is 245 Å². The van der Waals surface area contributed by atoms with Gasteiger partial charge in [0, 0.05) is 23.3 Å². The van der Waals surface area contributed by atoms with E-state index in [-0.39, 0.29) is 0 Å². The minimum absolute atomic E-state index is 1.01. The first-order valence-electron chi connectivity index (χ1n) is 13.4. The molecule has 7 rings (SSSR count). The Morgan fingerprint density at radius 2 is 0.789 bits per heavy atom. The molecule has 0 radical (unpaired) electrons. The Balaban J connectivity index is 1.59. The van der Waals surface area contributed by atoms with Crippen LogP contribution in [0.5, 0.6) is 0 Å². The fourth-order valence-corrected chi connectivity index (χ4v) is 13.9. The second-order valence-electron chi connectivity index (χ2n) is 10.1. The molecule has 0 aromatic heterocycles. The van der Waals surface area contributed by atoms with E-state index < -0.39 is 6.04 Å². The summed E-state index contributed by atoms with van der Waals surface area (Å²) in [6.45, 7) is 0. The molecule has 0 atom stereocenters. The zero-order chi connectivity index (χ0) is 25.8. The van der Waals surface area contributed by atoms with E-state index in [4.69, 9.17) is 11.8 Å². The van der Waals surface area contributed by atoms with Gasteiger partial charge >= 0.3 is 0 Å². The molecule has 0 unspecified atom stereocenters. The Kier molecular flexibility index (Phi) is 8.74. The van der Waals surface area contributed by atoms with Gasteiger partial charge in [-0.3, -0.25) is 0 Å². The van der Waals surface area contributed by atoms with Crippen LogP contribution in [0.15, 0.2) is 91.0 Å². The molecule has 5 heteroatoms. The summed E-state index contributed by atoms with van der Waals surface area (Å²) in [6.07, 6.45) is 3.40. The van der Waals surface area contributed by atoms with Gasteiger partial charge in [0.15, 0.2) is 0 Å². The second-order valence-corrected chi connectivity index (χ2v) is 17.7. The van der Waals surface area contributed by atoms with Gasteiger partial charge in [0.2, 0.25) is 0 Å². The lowest BCUT2D eigenvalue weighted by molar-refractivity contribution is 1.06. The number of thioether (sulfide) groups is 3. The Morgan fingerprint density at radius 3 is 1.13 bits per heavy atom. The van der Waals surface area contributed by atoms with Gasteiger partial charge in [-0.1, -0.05) is 103 Å². The SMILES string of the molecule is S=P12c3ccccc3CSCCc3cc(cc(c3)CCSCc3ccccc31)CCSCc1ccccc12. The van der Waals surface area contributed by atoms with Crippen molar-refractivity contribution in [3.8, 4) is 0 Å². The van der Waals surface area contributed by atoms with Crippen molar-refractivity contribution in [3.05, 3.63) is 124 Å². The van der Waals surface area contributed by atoms with Gasteiger partial charge in [0.1, 0.15) is 0 Å². The van der Waals surface area contributed by atoms with Gasteiger partial charge in [-0.15, -0.1) is 0 Å². The zero-order valence-corrected chi connectivity index (χ0v) is 25.8. The molecule has 194 valence electrons. The third kappa shape index (κ3) is 5.72. The maximum atomic E-state index is 7.05. The second kappa shape index (κ2) is 12.4. The summed E-state index contributed by atoms with van der Waals surface area (Å²) in [6, 6.07) is 32.5. The molecule has 0 fully saturated rings. The highest BCUT2D eigenvalue weighted by molar-refractivity contribution is 8.25. The van der Waals surface area contributed by atoms with Crippen molar-refractivity contribution in [2.24, 2.45) is 0 Å². The molecular weight excluding hydrogens is 556 g/mol. The van der Waals surface area contributed by atoms with Crippen LogP contribution in [0.25, 0.3) is 0 Å². The minimum atomic E-state index is -2.27. The van der Waals surface area contributed by atoms with Crippen molar-refractivity contribution in [1.29, 1.82) is 0 Å². The summed E-state index contributed by atoms with van der Waals surface area (Å²) < 4.78 is 0. The minimum Gasteiger partial charge on any atom is -0.157 e. The highest BCUT2D eigenvalue weighted by atomic mass is 32.4. The van der Waals surface area contributed by atoms with E-state index >= 15 is 0 Å². The van der Waals surface area contributed by atoms with Gasteiger partial charge in [0.25, 0.3) is 0 Å². The van der Waals surface area contributed by atoms with Crippen LogP contribution in [0.3, 0.4) is 0 Å². The third-order valence-electron chi connectivity index (χ3n) is 7.48. The van der Waals surface area contributed by atoms with Crippen LogP contribution in [0.2, 0.25) is 0 Å². The van der Waals surface area contributed by atoms with Crippen molar-refractivity contribution in [2.75, 3.05) is 17.3 Å². The van der Waals surface area contributed by atoms with Crippen LogP contribution in [0.4, 0.5) is 0 Å². The lowest BCUT2D eigenvalue weighted by Crippen LogP contribution is -2.30. The predicted octanol–water partition coefficient (Wildman–Crippen LogP) is 7.50. The van der Waals surface area contributed by atoms with Crippen molar-refractivity contribution >= 4 is 69.0 Å². The molecule has 0 spiro atoms. The topological polar surface area (TPSA) is 0 Å². The average molecular weight is 589 g/mol. The zero-order valence-electron chi connectivity index (χ0n) is 21.6. The van der Waals surface area contributed by atoms with E-state index in [2.05, 4.69) is 126 Å². The van der Waals surface area contributed by atoms with Gasteiger partial charge in [0.05, 0.1) is 0 Å². The molecule has 0 nitrogen and oxygen atoms in total. The molecule has 3 aliphatic heterocycles. The molecular formula is C33H33PS4. The van der Waals surface area contributed by atoms with E-state index in [0.29, 0.717) is 0 Å². The lowest BCUT2D eigenvalue weighted by Gasteiger charge is -2.30. The smallest absolute Gasteiger partial charge is 0.0388 e. The summed E-state index contributed by atoms with van der Waals surface area (Å²) in [5.74, 6) is 6.43. The first kappa shape index (κ1) is 26.8. The number of hydrogen-bond donors (Lipinski definition) is 0. The van der Waals surface area contributed by atoms with E-state index in [1.165, 1.54) is 49.3 Å². The van der Waals surface area contributed by atoms with Crippen LogP contribution in [-0.4, -0.2) is 17.3 Å². The summed E-state index contributed by atoms with van der Waals surface area (Å²) in [4.78, 5) is 0. The summed E-state index contributed by atoms with van der Waals surface area (Å²) in [7, 11) is 0. The molecule has 3 heterocycles. The molecule has 4 aromatic rings. The van der Waals surface area contributed by atoms with Crippen LogP contribution in [0.1, 0.15) is 33.4 Å². The molecule has 0 amide bonds. The first-order valence-corrected chi connectivity index (χ1v) is 19.7. The largest absolute Gasteiger partial charge is 0.157 e. The molecule has 4 bridgehead atoms.